The number of quaternary nitrogens is 1. The summed E-state index contributed by atoms with van der Waals surface area (Å²) in [4.78, 5) is 9.78. The zero-order valence-corrected chi connectivity index (χ0v) is 7.22. The Balaban J connectivity index is 0. The number of carboxylic acids is 1. The van der Waals surface area contributed by atoms with Gasteiger partial charge in [0.2, 0.25) is 0 Å². The second-order valence-electron chi connectivity index (χ2n) is 1.35. The zero-order valence-electron chi connectivity index (χ0n) is 5.66. The average molecular weight is 187 g/mol. The third kappa shape index (κ3) is 5.99. The largest absolute Gasteiger partial charge is 0.369 e. The second-order valence-corrected chi connectivity index (χ2v) is 2.54. The molecule has 5 N–H and O–H groups in total. The van der Waals surface area contributed by atoms with Crippen LogP contribution < -0.4 is 11.3 Å². The van der Waals surface area contributed by atoms with Gasteiger partial charge in [0.25, 0.3) is 0 Å². The molecule has 0 aromatic carbocycles. The van der Waals surface area contributed by atoms with Gasteiger partial charge in [-0.05, 0) is 0 Å². The molecule has 0 aliphatic carbocycles. The van der Waals surface area contributed by atoms with E-state index in [-0.39, 0.29) is 6.15 Å². The number of rotatable bonds is 3. The van der Waals surface area contributed by atoms with Gasteiger partial charge >= 0.3 is 57.8 Å². The van der Waals surface area contributed by atoms with Crippen molar-refractivity contribution >= 4 is 5.97 Å². The first-order valence-corrected chi connectivity index (χ1v) is 4.12. The minimum absolute atomic E-state index is 0. The van der Waals surface area contributed by atoms with E-state index >= 15 is 0 Å². The summed E-state index contributed by atoms with van der Waals surface area (Å²) in [6, 6.07) is 0. The fourth-order valence-electron chi connectivity index (χ4n) is 0.199. The van der Waals surface area contributed by atoms with Crippen LogP contribution in [0.25, 0.3) is 0 Å². The van der Waals surface area contributed by atoms with Crippen LogP contribution in [0.15, 0.2) is 0 Å². The van der Waals surface area contributed by atoms with E-state index in [2.05, 4.69) is 3.32 Å². The number of carbonyl (C=O) groups is 1. The molecule has 10 heavy (non-hydrogen) atoms. The summed E-state index contributed by atoms with van der Waals surface area (Å²) in [6.45, 7) is 1.14. The van der Waals surface area contributed by atoms with Crippen LogP contribution in [0.4, 0.5) is 0 Å². The minimum atomic E-state index is -3.68. The van der Waals surface area contributed by atoms with E-state index < -0.39 is 30.7 Å². The van der Waals surface area contributed by atoms with Crippen molar-refractivity contribution in [3.8, 4) is 0 Å². The molecule has 6 nitrogen and oxygen atoms in total. The molecule has 0 saturated carbocycles. The Morgan fingerprint density at radius 2 is 2.20 bits per heavy atom. The van der Waals surface area contributed by atoms with Crippen LogP contribution in [0.5, 0.6) is 0 Å². The summed E-state index contributed by atoms with van der Waals surface area (Å²) >= 11 is -3.68. The molecule has 1 unspecified atom stereocenters. The maximum absolute atomic E-state index is 9.85. The molecule has 0 radical (unpaired) electrons. The van der Waals surface area contributed by atoms with Crippen LogP contribution in [-0.4, -0.2) is 15.8 Å². The standard InChI is InChI=1S/C3H5O3.H3N.H2O.O.Ti/c1-2(4)3(5)6;;;;/h2H,1H3,(H,5,6);1H3;1H2;;/q-1;;;;+2/p-1. The molecule has 0 fully saturated rings. The van der Waals surface area contributed by atoms with Crippen molar-refractivity contribution in [1.82, 2.24) is 6.15 Å². The van der Waals surface area contributed by atoms with Crippen LogP contribution in [0.1, 0.15) is 6.92 Å². The molecule has 1 atom stereocenters. The summed E-state index contributed by atoms with van der Waals surface area (Å²) in [5.74, 6) is -1.48. The molecule has 0 rings (SSSR count). The van der Waals surface area contributed by atoms with Crippen molar-refractivity contribution in [2.75, 3.05) is 0 Å². The Morgan fingerprint density at radius 3 is 2.30 bits per heavy atom. The van der Waals surface area contributed by atoms with Gasteiger partial charge < -0.3 is 6.15 Å². The van der Waals surface area contributed by atoms with Gasteiger partial charge in [-0.2, -0.15) is 0 Å². The van der Waals surface area contributed by atoms with Gasteiger partial charge in [0.05, 0.1) is 0 Å². The maximum Gasteiger partial charge on any atom is -0.369 e. The molecule has 0 spiro atoms. The molecular weight excluding hydrogens is 178 g/mol. The van der Waals surface area contributed by atoms with E-state index in [1.807, 2.05) is 0 Å². The summed E-state index contributed by atoms with van der Waals surface area (Å²) in [5, 5.41) is 9.78. The van der Waals surface area contributed by atoms with Gasteiger partial charge in [-0.1, -0.05) is 0 Å². The number of carboxylic acid groups (broad SMARTS) is 1. The van der Waals surface area contributed by atoms with Gasteiger partial charge in [0, 0.05) is 0 Å². The molecular formula is C3H9NO5Ti. The van der Waals surface area contributed by atoms with Gasteiger partial charge in [-0.25, -0.2) is 0 Å². The van der Waals surface area contributed by atoms with E-state index in [0.29, 0.717) is 0 Å². The van der Waals surface area contributed by atoms with E-state index in [1.165, 1.54) is 0 Å². The van der Waals surface area contributed by atoms with Crippen LogP contribution in [0.2, 0.25) is 0 Å². The minimum Gasteiger partial charge on any atom is -0.369 e. The topological polar surface area (TPSA) is 123 Å². The van der Waals surface area contributed by atoms with Crippen LogP contribution in [-0.2, 0) is 30.1 Å². The SMILES string of the molecule is CC([O][Ti](=[O])[OH])C(=O)[O-].[NH4+]. The molecule has 60 valence electrons. The van der Waals surface area contributed by atoms with Crippen LogP contribution in [0, 0.1) is 0 Å². The summed E-state index contributed by atoms with van der Waals surface area (Å²) in [7, 11) is 0. The number of hydrogen-bond acceptors (Lipinski definition) is 4. The predicted molar refractivity (Wildman–Crippen MR) is 24.4 cm³/mol. The van der Waals surface area contributed by atoms with Gasteiger partial charge in [-0.3, -0.25) is 0 Å². The fraction of sp³-hybridized carbons (Fsp3) is 0.667. The number of hydrogen-bond donors (Lipinski definition) is 2. The molecule has 0 amide bonds. The Kier molecular flexibility index (Phi) is 7.06. The monoisotopic (exact) mass is 187 g/mol. The van der Waals surface area contributed by atoms with Crippen molar-refractivity contribution in [3.05, 3.63) is 0 Å². The Labute approximate surface area is 64.5 Å². The average Bonchev–Trinajstić information content (AvgIpc) is 1.63. The number of carbonyl (C=O) groups excluding carboxylic acids is 1. The first kappa shape index (κ1) is 12.5. The normalized spacial score (nSPS) is 11.4. The third-order valence-corrected chi connectivity index (χ3v) is 1.48. The molecule has 0 saturated heterocycles. The Morgan fingerprint density at radius 1 is 1.80 bits per heavy atom. The van der Waals surface area contributed by atoms with E-state index in [1.54, 1.807) is 0 Å². The van der Waals surface area contributed by atoms with Gasteiger partial charge in [-0.15, -0.1) is 0 Å². The van der Waals surface area contributed by atoms with E-state index in [9.17, 15) is 13.2 Å². The molecule has 0 aliphatic heterocycles. The van der Waals surface area contributed by atoms with Gasteiger partial charge in [0.1, 0.15) is 0 Å². The summed E-state index contributed by atoms with van der Waals surface area (Å²) < 4.78 is 21.9. The Hall–Kier alpha value is -0.136. The third-order valence-electron chi connectivity index (χ3n) is 0.610. The summed E-state index contributed by atoms with van der Waals surface area (Å²) in [6.07, 6.45) is -1.29. The van der Waals surface area contributed by atoms with Crippen LogP contribution in [0.3, 0.4) is 0 Å². The van der Waals surface area contributed by atoms with E-state index in [4.69, 9.17) is 3.69 Å². The van der Waals surface area contributed by atoms with Gasteiger partial charge in [0.15, 0.2) is 0 Å². The quantitative estimate of drug-likeness (QED) is 0.509. The van der Waals surface area contributed by atoms with E-state index in [0.717, 1.165) is 6.92 Å². The van der Waals surface area contributed by atoms with Crippen molar-refractivity contribution in [2.24, 2.45) is 0 Å². The Bertz CT molecular complexity index is 137. The smallest absolute Gasteiger partial charge is 0.369 e. The van der Waals surface area contributed by atoms with Crippen molar-refractivity contribution in [3.63, 3.8) is 0 Å². The molecule has 0 aromatic heterocycles. The van der Waals surface area contributed by atoms with Crippen molar-refractivity contribution < 1.29 is 38.8 Å². The van der Waals surface area contributed by atoms with Crippen LogP contribution >= 0.6 is 0 Å². The van der Waals surface area contributed by atoms with Crippen molar-refractivity contribution in [1.29, 1.82) is 0 Å². The fourth-order valence-corrected chi connectivity index (χ4v) is 0.822. The molecule has 0 aromatic rings. The molecule has 0 bridgehead atoms. The number of aliphatic carboxylic acids is 1. The molecule has 0 heterocycles. The molecule has 0 aliphatic rings. The maximum atomic E-state index is 9.85. The van der Waals surface area contributed by atoms with Crippen molar-refractivity contribution in [2.45, 2.75) is 13.0 Å². The summed E-state index contributed by atoms with van der Waals surface area (Å²) in [5.41, 5.74) is 0. The first-order chi connectivity index (χ1) is 4.04. The second kappa shape index (κ2) is 5.63. The molecule has 7 heteroatoms. The zero-order chi connectivity index (χ0) is 7.44. The predicted octanol–water partition coefficient (Wildman–Crippen LogP) is -1.70. The first-order valence-electron chi connectivity index (χ1n) is 2.14.